The molecule has 0 fully saturated rings. The van der Waals surface area contributed by atoms with Crippen LogP contribution in [0.25, 0.3) is 0 Å². The van der Waals surface area contributed by atoms with E-state index in [1.807, 2.05) is 12.1 Å². The molecule has 2 aromatic heterocycles. The van der Waals surface area contributed by atoms with Gasteiger partial charge in [0, 0.05) is 19.3 Å². The Hall–Kier alpha value is -3.00. The zero-order valence-corrected chi connectivity index (χ0v) is 15.6. The monoisotopic (exact) mass is 356 g/mol. The fraction of sp³-hybridized carbons (Fsp3) is 0.556. The van der Waals surface area contributed by atoms with Gasteiger partial charge in [-0.1, -0.05) is 39.5 Å². The van der Waals surface area contributed by atoms with Crippen molar-refractivity contribution in [3.8, 4) is 12.1 Å². The van der Waals surface area contributed by atoms with Gasteiger partial charge in [0.25, 0.3) is 0 Å². The molecular weight excluding hydrogens is 328 g/mol. The molecule has 0 aliphatic carbocycles. The van der Waals surface area contributed by atoms with Crippen LogP contribution >= 0.6 is 0 Å². The molecule has 0 aliphatic heterocycles. The van der Waals surface area contributed by atoms with Gasteiger partial charge >= 0.3 is 0 Å². The summed E-state index contributed by atoms with van der Waals surface area (Å²) in [6.07, 6.45) is 10.1. The molecule has 0 atom stereocenters. The predicted octanol–water partition coefficient (Wildman–Crippen LogP) is 3.05. The van der Waals surface area contributed by atoms with Gasteiger partial charge in [-0.15, -0.1) is 0 Å². The third-order valence-electron chi connectivity index (χ3n) is 3.88. The van der Waals surface area contributed by atoms with Crippen LogP contribution in [-0.4, -0.2) is 19.6 Å². The Bertz CT molecular complexity index is 732. The number of hydrogen-bond acceptors (Lipinski definition) is 6. The zero-order valence-electron chi connectivity index (χ0n) is 15.6. The average molecular weight is 356 g/mol. The standard InChI is InChI=1S/2C9H14N4/c1-2-3-4-5-13-7-8(6-10)9(11)12-13;1-2-3-4-5-13-9(11)8(6-10)7-12-13/h7H,2-5H2,1H3,(H2,11,12);7H,2-5,11H2,1H3. The summed E-state index contributed by atoms with van der Waals surface area (Å²) < 4.78 is 3.43. The van der Waals surface area contributed by atoms with Crippen LogP contribution in [0.15, 0.2) is 12.4 Å². The van der Waals surface area contributed by atoms with Crippen molar-refractivity contribution in [1.29, 1.82) is 10.5 Å². The SMILES string of the molecule is CCCCCn1cc(C#N)c(N)n1.CCCCCn1ncc(C#N)c1N. The van der Waals surface area contributed by atoms with Crippen LogP contribution < -0.4 is 11.5 Å². The maximum Gasteiger partial charge on any atom is 0.163 e. The minimum absolute atomic E-state index is 0.332. The number of anilines is 2. The first-order valence-corrected chi connectivity index (χ1v) is 9.01. The van der Waals surface area contributed by atoms with Gasteiger partial charge in [-0.3, -0.25) is 4.68 Å². The number of unbranched alkanes of at least 4 members (excludes halogenated alkanes) is 4. The Morgan fingerprint density at radius 1 is 0.962 bits per heavy atom. The number of aryl methyl sites for hydroxylation is 2. The summed E-state index contributed by atoms with van der Waals surface area (Å²) in [6.45, 7) is 5.95. The van der Waals surface area contributed by atoms with Gasteiger partial charge in [-0.2, -0.15) is 20.7 Å². The first-order valence-electron chi connectivity index (χ1n) is 9.01. The summed E-state index contributed by atoms with van der Waals surface area (Å²) in [7, 11) is 0. The van der Waals surface area contributed by atoms with E-state index in [0.29, 0.717) is 22.8 Å². The molecule has 2 aromatic rings. The summed E-state index contributed by atoms with van der Waals surface area (Å²) in [5.41, 5.74) is 12.1. The first kappa shape index (κ1) is 21.0. The lowest BCUT2D eigenvalue weighted by Crippen LogP contribution is -2.05. The summed E-state index contributed by atoms with van der Waals surface area (Å²) in [5.74, 6) is 0.817. The Morgan fingerprint density at radius 3 is 2.08 bits per heavy atom. The largest absolute Gasteiger partial charge is 0.383 e. The van der Waals surface area contributed by atoms with Gasteiger partial charge in [0.05, 0.1) is 6.20 Å². The molecule has 0 aliphatic rings. The molecule has 0 spiro atoms. The highest BCUT2D eigenvalue weighted by molar-refractivity contribution is 5.47. The number of rotatable bonds is 8. The Balaban J connectivity index is 0.000000260. The maximum absolute atomic E-state index is 8.62. The minimum atomic E-state index is 0.332. The van der Waals surface area contributed by atoms with Crippen LogP contribution in [0.1, 0.15) is 63.5 Å². The van der Waals surface area contributed by atoms with E-state index in [9.17, 15) is 0 Å². The molecule has 8 heteroatoms. The average Bonchev–Trinajstić information content (AvgIpc) is 3.18. The van der Waals surface area contributed by atoms with Gasteiger partial charge < -0.3 is 11.5 Å². The van der Waals surface area contributed by atoms with Crippen molar-refractivity contribution < 1.29 is 0 Å². The van der Waals surface area contributed by atoms with Crippen molar-refractivity contribution >= 4 is 11.6 Å². The molecule has 0 unspecified atom stereocenters. The molecule has 26 heavy (non-hydrogen) atoms. The summed E-state index contributed by atoms with van der Waals surface area (Å²) >= 11 is 0. The fourth-order valence-electron chi connectivity index (χ4n) is 2.33. The first-order chi connectivity index (χ1) is 12.6. The Labute approximate surface area is 155 Å². The molecule has 8 nitrogen and oxygen atoms in total. The van der Waals surface area contributed by atoms with E-state index in [0.717, 1.165) is 25.9 Å². The van der Waals surface area contributed by atoms with E-state index in [1.54, 1.807) is 15.6 Å². The van der Waals surface area contributed by atoms with E-state index < -0.39 is 0 Å². The molecule has 140 valence electrons. The lowest BCUT2D eigenvalue weighted by Gasteiger charge is -2.02. The van der Waals surface area contributed by atoms with Crippen LogP contribution in [0, 0.1) is 22.7 Å². The van der Waals surface area contributed by atoms with Crippen molar-refractivity contribution in [2.24, 2.45) is 0 Å². The number of nitrogens with two attached hydrogens (primary N) is 2. The van der Waals surface area contributed by atoms with E-state index in [1.165, 1.54) is 31.9 Å². The highest BCUT2D eigenvalue weighted by Crippen LogP contribution is 2.10. The summed E-state index contributed by atoms with van der Waals surface area (Å²) in [4.78, 5) is 0. The second-order valence-electron chi connectivity index (χ2n) is 6.00. The van der Waals surface area contributed by atoms with Crippen LogP contribution in [-0.2, 0) is 13.1 Å². The quantitative estimate of drug-likeness (QED) is 0.698. The lowest BCUT2D eigenvalue weighted by atomic mass is 10.2. The normalized spacial score (nSPS) is 9.85. The Morgan fingerprint density at radius 2 is 1.58 bits per heavy atom. The second kappa shape index (κ2) is 11.5. The van der Waals surface area contributed by atoms with Crippen LogP contribution in [0.4, 0.5) is 11.6 Å². The van der Waals surface area contributed by atoms with E-state index in [-0.39, 0.29) is 0 Å². The van der Waals surface area contributed by atoms with Crippen molar-refractivity contribution in [3.63, 3.8) is 0 Å². The highest BCUT2D eigenvalue weighted by Gasteiger charge is 2.05. The van der Waals surface area contributed by atoms with E-state index in [2.05, 4.69) is 24.0 Å². The van der Waals surface area contributed by atoms with Gasteiger partial charge in [0.1, 0.15) is 29.1 Å². The maximum atomic E-state index is 8.62. The fourth-order valence-corrected chi connectivity index (χ4v) is 2.33. The summed E-state index contributed by atoms with van der Waals surface area (Å²) in [6, 6.07) is 4.00. The topological polar surface area (TPSA) is 135 Å². The molecule has 0 saturated carbocycles. The van der Waals surface area contributed by atoms with Gasteiger partial charge in [-0.05, 0) is 12.8 Å². The number of nitrogens with zero attached hydrogens (tertiary/aromatic N) is 6. The van der Waals surface area contributed by atoms with Gasteiger partial charge in [0.2, 0.25) is 0 Å². The number of nitriles is 2. The minimum Gasteiger partial charge on any atom is -0.383 e. The van der Waals surface area contributed by atoms with Crippen LogP contribution in [0.5, 0.6) is 0 Å². The van der Waals surface area contributed by atoms with Crippen molar-refractivity contribution in [3.05, 3.63) is 23.5 Å². The van der Waals surface area contributed by atoms with Crippen molar-refractivity contribution in [2.75, 3.05) is 11.5 Å². The number of hydrogen-bond donors (Lipinski definition) is 2. The molecule has 0 amide bonds. The molecular formula is C18H28N8. The molecule has 2 heterocycles. The highest BCUT2D eigenvalue weighted by atomic mass is 15.3. The van der Waals surface area contributed by atoms with Crippen LogP contribution in [0.3, 0.4) is 0 Å². The van der Waals surface area contributed by atoms with E-state index in [4.69, 9.17) is 22.0 Å². The third-order valence-corrected chi connectivity index (χ3v) is 3.88. The van der Waals surface area contributed by atoms with Gasteiger partial charge in [0.15, 0.2) is 5.82 Å². The predicted molar refractivity (Wildman–Crippen MR) is 102 cm³/mol. The third kappa shape index (κ3) is 6.48. The zero-order chi connectivity index (χ0) is 19.4. The molecule has 4 N–H and O–H groups in total. The smallest absolute Gasteiger partial charge is 0.163 e. The van der Waals surface area contributed by atoms with Crippen molar-refractivity contribution in [1.82, 2.24) is 19.6 Å². The molecule has 0 radical (unpaired) electrons. The molecule has 2 rings (SSSR count). The second-order valence-corrected chi connectivity index (χ2v) is 6.00. The van der Waals surface area contributed by atoms with Gasteiger partial charge in [-0.25, -0.2) is 4.68 Å². The summed E-state index contributed by atoms with van der Waals surface area (Å²) in [5, 5.41) is 25.3. The molecule has 0 saturated heterocycles. The number of nitrogen functional groups attached to an aromatic ring is 2. The van der Waals surface area contributed by atoms with Crippen LogP contribution in [0.2, 0.25) is 0 Å². The Kier molecular flexibility index (Phi) is 9.34. The molecule has 0 bridgehead atoms. The number of aromatic nitrogens is 4. The van der Waals surface area contributed by atoms with Crippen molar-refractivity contribution in [2.45, 2.75) is 65.5 Å². The van der Waals surface area contributed by atoms with E-state index >= 15 is 0 Å². The lowest BCUT2D eigenvalue weighted by molar-refractivity contribution is 0.555. The molecule has 0 aromatic carbocycles.